The SMILES string of the molecule is Nc1ccc2c(CN3C(=O)N(c4ccc(S(=O)(=O)C(F)(F)F)cc4)C(=O)C34CC4)ccnc2c1. The fourth-order valence-electron chi connectivity index (χ4n) is 4.20. The number of imide groups is 1. The smallest absolute Gasteiger partial charge is 0.399 e. The summed E-state index contributed by atoms with van der Waals surface area (Å²) in [6.07, 6.45) is 2.48. The highest BCUT2D eigenvalue weighted by Crippen LogP contribution is 2.50. The molecule has 2 fully saturated rings. The van der Waals surface area contributed by atoms with Crippen molar-refractivity contribution < 1.29 is 31.2 Å². The number of sulfone groups is 1. The van der Waals surface area contributed by atoms with Gasteiger partial charge in [-0.05, 0) is 60.9 Å². The summed E-state index contributed by atoms with van der Waals surface area (Å²) >= 11 is 0. The highest BCUT2D eigenvalue weighted by molar-refractivity contribution is 7.92. The monoisotopic (exact) mass is 490 g/mol. The summed E-state index contributed by atoms with van der Waals surface area (Å²) < 4.78 is 61.7. The van der Waals surface area contributed by atoms with Gasteiger partial charge in [0.2, 0.25) is 0 Å². The Morgan fingerprint density at radius 3 is 2.32 bits per heavy atom. The summed E-state index contributed by atoms with van der Waals surface area (Å²) in [5.41, 5.74) is 1.25. The highest BCUT2D eigenvalue weighted by atomic mass is 32.2. The van der Waals surface area contributed by atoms with Crippen molar-refractivity contribution in [2.24, 2.45) is 0 Å². The zero-order chi connectivity index (χ0) is 24.5. The Labute approximate surface area is 191 Å². The van der Waals surface area contributed by atoms with Crippen LogP contribution in [0.2, 0.25) is 0 Å². The van der Waals surface area contributed by atoms with Gasteiger partial charge in [-0.15, -0.1) is 0 Å². The third-order valence-corrected chi connectivity index (χ3v) is 7.66. The van der Waals surface area contributed by atoms with E-state index in [1.54, 1.807) is 30.5 Å². The van der Waals surface area contributed by atoms with Gasteiger partial charge in [0.05, 0.1) is 16.1 Å². The summed E-state index contributed by atoms with van der Waals surface area (Å²) in [4.78, 5) is 32.1. The molecule has 0 bridgehead atoms. The van der Waals surface area contributed by atoms with Crippen LogP contribution in [-0.2, 0) is 21.2 Å². The zero-order valence-corrected chi connectivity index (χ0v) is 18.2. The van der Waals surface area contributed by atoms with Gasteiger partial charge in [-0.25, -0.2) is 18.1 Å². The average molecular weight is 490 g/mol. The number of rotatable bonds is 4. The maximum absolute atomic E-state index is 13.3. The third kappa shape index (κ3) is 3.20. The maximum Gasteiger partial charge on any atom is 0.501 e. The molecule has 1 saturated heterocycles. The number of carbonyl (C=O) groups excluding carboxylic acids is 2. The maximum atomic E-state index is 13.3. The number of aromatic nitrogens is 1. The number of nitrogens with two attached hydrogens (primary N) is 1. The van der Waals surface area contributed by atoms with Gasteiger partial charge in [0.1, 0.15) is 5.54 Å². The number of benzene rings is 2. The standard InChI is InChI=1S/C22H17F3N4O4S/c23-22(24,25)34(32,33)16-4-2-15(3-5-16)29-19(30)21(8-9-21)28(20(29)31)12-13-7-10-27-18-11-14(26)1-6-17(13)18/h1-7,10-11H,8-9,12,26H2. The summed E-state index contributed by atoms with van der Waals surface area (Å²) in [6.45, 7) is 0.116. The second kappa shape index (κ2) is 7.16. The first-order valence-electron chi connectivity index (χ1n) is 10.2. The lowest BCUT2D eigenvalue weighted by atomic mass is 10.1. The van der Waals surface area contributed by atoms with Crippen molar-refractivity contribution in [2.75, 3.05) is 10.6 Å². The van der Waals surface area contributed by atoms with E-state index in [1.165, 1.54) is 4.90 Å². The van der Waals surface area contributed by atoms with Crippen molar-refractivity contribution in [3.05, 3.63) is 60.3 Å². The molecule has 2 heterocycles. The highest BCUT2D eigenvalue weighted by Gasteiger charge is 2.65. The minimum atomic E-state index is -5.54. The van der Waals surface area contributed by atoms with Gasteiger partial charge in [0.15, 0.2) is 0 Å². The van der Waals surface area contributed by atoms with Crippen LogP contribution >= 0.6 is 0 Å². The summed E-state index contributed by atoms with van der Waals surface area (Å²) in [5.74, 6) is -0.494. The molecule has 0 radical (unpaired) electrons. The predicted octanol–water partition coefficient (Wildman–Crippen LogP) is 3.61. The minimum Gasteiger partial charge on any atom is -0.399 e. The van der Waals surface area contributed by atoms with Crippen LogP contribution in [0.1, 0.15) is 18.4 Å². The third-order valence-electron chi connectivity index (χ3n) is 6.16. The molecule has 1 spiro atoms. The molecule has 2 N–H and O–H groups in total. The first kappa shape index (κ1) is 22.1. The van der Waals surface area contributed by atoms with Crippen molar-refractivity contribution in [1.82, 2.24) is 9.88 Å². The van der Waals surface area contributed by atoms with Crippen LogP contribution in [0.15, 0.2) is 59.6 Å². The molecule has 2 aliphatic rings. The number of amides is 3. The molecule has 5 rings (SSSR count). The summed E-state index contributed by atoms with van der Waals surface area (Å²) in [5, 5.41) is 0.771. The number of halogens is 3. The molecule has 3 aromatic rings. The molecule has 2 aromatic carbocycles. The molecule has 1 aliphatic heterocycles. The van der Waals surface area contributed by atoms with Crippen molar-refractivity contribution in [1.29, 1.82) is 0 Å². The number of alkyl halides is 3. The Balaban J connectivity index is 1.48. The number of pyridine rings is 1. The second-order valence-corrected chi connectivity index (χ2v) is 10.2. The molecule has 0 unspecified atom stereocenters. The number of carbonyl (C=O) groups is 2. The van der Waals surface area contributed by atoms with Crippen molar-refractivity contribution in [3.63, 3.8) is 0 Å². The summed E-state index contributed by atoms with van der Waals surface area (Å²) in [6, 6.07) is 9.83. The van der Waals surface area contributed by atoms with E-state index in [0.29, 0.717) is 24.0 Å². The minimum absolute atomic E-state index is 0.00254. The van der Waals surface area contributed by atoms with Gasteiger partial charge >= 0.3 is 11.5 Å². The van der Waals surface area contributed by atoms with Gasteiger partial charge in [-0.1, -0.05) is 6.07 Å². The molecular formula is C22H17F3N4O4S. The van der Waals surface area contributed by atoms with Crippen LogP contribution in [-0.4, -0.2) is 41.3 Å². The first-order valence-corrected chi connectivity index (χ1v) is 11.6. The fraction of sp³-hybridized carbons (Fsp3) is 0.227. The number of nitrogen functional groups attached to an aromatic ring is 1. The normalized spacial score (nSPS) is 17.7. The van der Waals surface area contributed by atoms with E-state index in [0.717, 1.165) is 40.1 Å². The molecule has 1 saturated carbocycles. The number of urea groups is 1. The molecule has 0 atom stereocenters. The van der Waals surface area contributed by atoms with Gasteiger partial charge < -0.3 is 10.6 Å². The van der Waals surface area contributed by atoms with E-state index in [1.807, 2.05) is 0 Å². The average Bonchev–Trinajstić information content (AvgIpc) is 3.55. The zero-order valence-electron chi connectivity index (χ0n) is 17.4. The predicted molar refractivity (Wildman–Crippen MR) is 116 cm³/mol. The molecule has 176 valence electrons. The topological polar surface area (TPSA) is 114 Å². The van der Waals surface area contributed by atoms with Crippen molar-refractivity contribution in [3.8, 4) is 0 Å². The molecule has 34 heavy (non-hydrogen) atoms. The largest absolute Gasteiger partial charge is 0.501 e. The van der Waals surface area contributed by atoms with E-state index in [-0.39, 0.29) is 12.2 Å². The number of nitrogens with zero attached hydrogens (tertiary/aromatic N) is 3. The lowest BCUT2D eigenvalue weighted by Gasteiger charge is -2.22. The Morgan fingerprint density at radius 2 is 1.71 bits per heavy atom. The molecule has 1 aromatic heterocycles. The Bertz CT molecular complexity index is 1450. The molecular weight excluding hydrogens is 473 g/mol. The van der Waals surface area contributed by atoms with Crippen molar-refractivity contribution in [2.45, 2.75) is 35.3 Å². The molecule has 1 aliphatic carbocycles. The Kier molecular flexibility index (Phi) is 4.66. The van der Waals surface area contributed by atoms with Crippen LogP contribution in [0.3, 0.4) is 0 Å². The number of anilines is 2. The lowest BCUT2D eigenvalue weighted by molar-refractivity contribution is -0.120. The summed E-state index contributed by atoms with van der Waals surface area (Å²) in [7, 11) is -5.54. The van der Waals surface area contributed by atoms with Crippen LogP contribution in [0.5, 0.6) is 0 Å². The number of fused-ring (bicyclic) bond motifs is 1. The fourth-order valence-corrected chi connectivity index (χ4v) is 4.97. The van der Waals surface area contributed by atoms with E-state index < -0.39 is 37.7 Å². The molecule has 12 heteroatoms. The Hall–Kier alpha value is -3.67. The van der Waals surface area contributed by atoms with E-state index in [9.17, 15) is 31.2 Å². The second-order valence-electron chi connectivity index (χ2n) is 8.23. The van der Waals surface area contributed by atoms with Crippen LogP contribution in [0, 0.1) is 0 Å². The van der Waals surface area contributed by atoms with Crippen molar-refractivity contribution >= 4 is 44.1 Å². The molecule has 8 nitrogen and oxygen atoms in total. The molecule has 3 amide bonds. The first-order chi connectivity index (χ1) is 16.0. The lowest BCUT2D eigenvalue weighted by Crippen LogP contribution is -2.36. The van der Waals surface area contributed by atoms with Gasteiger partial charge in [-0.3, -0.25) is 9.78 Å². The van der Waals surface area contributed by atoms with Gasteiger partial charge in [0.25, 0.3) is 15.7 Å². The number of hydrogen-bond donors (Lipinski definition) is 1. The van der Waals surface area contributed by atoms with Gasteiger partial charge in [0, 0.05) is 23.8 Å². The number of hydrogen-bond acceptors (Lipinski definition) is 6. The van der Waals surface area contributed by atoms with E-state index in [4.69, 9.17) is 5.73 Å². The van der Waals surface area contributed by atoms with E-state index >= 15 is 0 Å². The quantitative estimate of drug-likeness (QED) is 0.442. The van der Waals surface area contributed by atoms with E-state index in [2.05, 4.69) is 4.98 Å². The van der Waals surface area contributed by atoms with Crippen LogP contribution < -0.4 is 10.6 Å². The van der Waals surface area contributed by atoms with Crippen LogP contribution in [0.25, 0.3) is 10.9 Å². The van der Waals surface area contributed by atoms with Crippen LogP contribution in [0.4, 0.5) is 29.3 Å². The van der Waals surface area contributed by atoms with Gasteiger partial charge in [-0.2, -0.15) is 13.2 Å². The Morgan fingerprint density at radius 1 is 1.03 bits per heavy atom.